The van der Waals surface area contributed by atoms with E-state index in [0.717, 1.165) is 17.2 Å². The van der Waals surface area contributed by atoms with Crippen molar-refractivity contribution in [3.05, 3.63) is 83.9 Å². The van der Waals surface area contributed by atoms with Gasteiger partial charge in [-0.05, 0) is 23.3 Å². The fourth-order valence-corrected chi connectivity index (χ4v) is 2.97. The van der Waals surface area contributed by atoms with Gasteiger partial charge >= 0.3 is 11.9 Å². The Morgan fingerprint density at radius 2 is 1.31 bits per heavy atom. The maximum atomic E-state index is 12.1. The minimum Gasteiger partial charge on any atom is -0.460 e. The summed E-state index contributed by atoms with van der Waals surface area (Å²) in [6.07, 6.45) is -2.22. The number of ether oxygens (including phenoxy) is 3. The van der Waals surface area contributed by atoms with E-state index in [1.165, 1.54) is 12.2 Å². The molecule has 0 bridgehead atoms. The highest BCUT2D eigenvalue weighted by Gasteiger charge is 2.45. The summed E-state index contributed by atoms with van der Waals surface area (Å²) in [5.74, 6) is -1.51. The van der Waals surface area contributed by atoms with Gasteiger partial charge in [-0.25, -0.2) is 9.59 Å². The van der Waals surface area contributed by atoms with E-state index >= 15 is 0 Å². The molecule has 0 unspecified atom stereocenters. The Hall–Kier alpha value is -3.30. The largest absolute Gasteiger partial charge is 0.460 e. The maximum absolute atomic E-state index is 12.1. The second kappa shape index (κ2) is 11.4. The topological polar surface area (TPSA) is 123 Å². The molecular formula is C24H24O8. The fourth-order valence-electron chi connectivity index (χ4n) is 2.97. The van der Waals surface area contributed by atoms with Gasteiger partial charge in [0.15, 0.2) is 0 Å². The molecule has 1 fully saturated rings. The molecule has 3 N–H and O–H groups in total. The molecule has 0 radical (unpaired) electrons. The van der Waals surface area contributed by atoms with Crippen LogP contribution in [0.2, 0.25) is 0 Å². The van der Waals surface area contributed by atoms with Gasteiger partial charge in [-0.1, -0.05) is 60.7 Å². The lowest BCUT2D eigenvalue weighted by atomic mass is 9.99. The number of rotatable bonds is 7. The SMILES string of the molecule is O=C(C=Cc1ccccc1)OC[C@@H]1O[C@@H](OC(=O)C=Cc2ccccc2)[C@H](O)[C@@H](O)[C@@H]1O. The monoisotopic (exact) mass is 440 g/mol. The van der Waals surface area contributed by atoms with Crippen LogP contribution in [0.5, 0.6) is 0 Å². The second-order valence-corrected chi connectivity index (χ2v) is 7.07. The van der Waals surface area contributed by atoms with Crippen LogP contribution in [0, 0.1) is 0 Å². The van der Waals surface area contributed by atoms with Gasteiger partial charge in [0, 0.05) is 12.2 Å². The molecule has 1 aliphatic rings. The first-order valence-corrected chi connectivity index (χ1v) is 9.97. The van der Waals surface area contributed by atoms with Crippen molar-refractivity contribution in [3.63, 3.8) is 0 Å². The van der Waals surface area contributed by atoms with Crippen molar-refractivity contribution in [2.24, 2.45) is 0 Å². The van der Waals surface area contributed by atoms with Crippen LogP contribution in [0.1, 0.15) is 11.1 Å². The minimum atomic E-state index is -1.68. The van der Waals surface area contributed by atoms with Crippen molar-refractivity contribution in [1.82, 2.24) is 0 Å². The number of carbonyl (C=O) groups is 2. The third-order valence-electron chi connectivity index (χ3n) is 4.71. The summed E-state index contributed by atoms with van der Waals surface area (Å²) in [6.45, 7) is -0.420. The second-order valence-electron chi connectivity index (χ2n) is 7.07. The van der Waals surface area contributed by atoms with Gasteiger partial charge in [0.05, 0.1) is 0 Å². The Kier molecular flexibility index (Phi) is 8.29. The summed E-state index contributed by atoms with van der Waals surface area (Å²) in [4.78, 5) is 24.0. The molecule has 3 rings (SSSR count). The normalized spacial score (nSPS) is 25.7. The molecule has 32 heavy (non-hydrogen) atoms. The summed E-state index contributed by atoms with van der Waals surface area (Å²) >= 11 is 0. The average molecular weight is 440 g/mol. The van der Waals surface area contributed by atoms with Gasteiger partial charge in [-0.3, -0.25) is 0 Å². The van der Waals surface area contributed by atoms with Gasteiger partial charge in [0.2, 0.25) is 6.29 Å². The van der Waals surface area contributed by atoms with Gasteiger partial charge in [0.1, 0.15) is 31.0 Å². The van der Waals surface area contributed by atoms with Crippen LogP contribution in [-0.2, 0) is 23.8 Å². The van der Waals surface area contributed by atoms with E-state index in [9.17, 15) is 24.9 Å². The van der Waals surface area contributed by atoms with E-state index in [4.69, 9.17) is 14.2 Å². The van der Waals surface area contributed by atoms with E-state index in [2.05, 4.69) is 0 Å². The van der Waals surface area contributed by atoms with Crippen LogP contribution in [0.25, 0.3) is 12.2 Å². The Bertz CT molecular complexity index is 939. The molecule has 1 saturated heterocycles. The van der Waals surface area contributed by atoms with Crippen molar-refractivity contribution >= 4 is 24.1 Å². The molecule has 1 aliphatic heterocycles. The van der Waals surface area contributed by atoms with Crippen LogP contribution in [0.15, 0.2) is 72.8 Å². The number of hydrogen-bond donors (Lipinski definition) is 3. The summed E-state index contributed by atoms with van der Waals surface area (Å²) in [6, 6.07) is 18.1. The quantitative estimate of drug-likeness (QED) is 0.435. The van der Waals surface area contributed by atoms with Gasteiger partial charge in [-0.15, -0.1) is 0 Å². The highest BCUT2D eigenvalue weighted by Crippen LogP contribution is 2.23. The van der Waals surface area contributed by atoms with E-state index < -0.39 is 49.3 Å². The summed E-state index contributed by atoms with van der Waals surface area (Å²) in [7, 11) is 0. The van der Waals surface area contributed by atoms with E-state index in [1.54, 1.807) is 42.5 Å². The molecule has 0 aliphatic carbocycles. The van der Waals surface area contributed by atoms with E-state index in [-0.39, 0.29) is 0 Å². The zero-order valence-electron chi connectivity index (χ0n) is 17.1. The lowest BCUT2D eigenvalue weighted by Crippen LogP contribution is -2.59. The number of esters is 2. The lowest BCUT2D eigenvalue weighted by Gasteiger charge is -2.39. The molecular weight excluding hydrogens is 416 g/mol. The van der Waals surface area contributed by atoms with Crippen molar-refractivity contribution in [2.45, 2.75) is 30.7 Å². The first kappa shape index (κ1) is 23.4. The zero-order chi connectivity index (χ0) is 22.9. The van der Waals surface area contributed by atoms with Crippen LogP contribution < -0.4 is 0 Å². The van der Waals surface area contributed by atoms with Crippen LogP contribution in [-0.4, -0.2) is 64.6 Å². The Morgan fingerprint density at radius 3 is 1.88 bits per heavy atom. The van der Waals surface area contributed by atoms with Gasteiger partial charge in [-0.2, -0.15) is 0 Å². The number of hydrogen-bond acceptors (Lipinski definition) is 8. The van der Waals surface area contributed by atoms with Crippen LogP contribution in [0.4, 0.5) is 0 Å². The Morgan fingerprint density at radius 1 is 0.781 bits per heavy atom. The summed E-state index contributed by atoms with van der Waals surface area (Å²) in [5.41, 5.74) is 1.56. The van der Waals surface area contributed by atoms with Crippen LogP contribution in [0.3, 0.4) is 0 Å². The van der Waals surface area contributed by atoms with E-state index in [1.807, 2.05) is 24.3 Å². The van der Waals surface area contributed by atoms with Gasteiger partial charge < -0.3 is 29.5 Å². The number of carbonyl (C=O) groups excluding carboxylic acids is 2. The molecule has 8 heteroatoms. The third kappa shape index (κ3) is 6.60. The highest BCUT2D eigenvalue weighted by atomic mass is 16.7. The number of aliphatic hydroxyl groups is 3. The van der Waals surface area contributed by atoms with Crippen molar-refractivity contribution in [2.75, 3.05) is 6.61 Å². The summed E-state index contributed by atoms with van der Waals surface area (Å²) in [5, 5.41) is 30.3. The molecule has 0 aromatic heterocycles. The highest BCUT2D eigenvalue weighted by molar-refractivity contribution is 5.87. The molecule has 168 valence electrons. The molecule has 5 atom stereocenters. The Labute approximate surface area is 185 Å². The molecule has 2 aromatic rings. The fraction of sp³-hybridized carbons (Fsp3) is 0.250. The molecule has 1 heterocycles. The first-order valence-electron chi connectivity index (χ1n) is 9.97. The average Bonchev–Trinajstić information content (AvgIpc) is 2.82. The predicted octanol–water partition coefficient (Wildman–Crippen LogP) is 1.31. The minimum absolute atomic E-state index is 0.420. The lowest BCUT2D eigenvalue weighted by molar-refractivity contribution is -0.291. The standard InChI is InChI=1S/C24H24O8/c25-19(13-11-16-7-3-1-4-8-16)30-15-18-21(27)22(28)23(29)24(31-18)32-20(26)14-12-17-9-5-2-6-10-17/h1-14,18,21-24,27-29H,15H2/t18-,21+,22-,23+,24-/m0/s1. The Balaban J connectivity index is 1.55. The maximum Gasteiger partial charge on any atom is 0.333 e. The first-order chi connectivity index (χ1) is 15.4. The molecule has 0 saturated carbocycles. The summed E-state index contributed by atoms with van der Waals surface area (Å²) < 4.78 is 15.5. The van der Waals surface area contributed by atoms with Crippen molar-refractivity contribution < 1.29 is 39.1 Å². The van der Waals surface area contributed by atoms with E-state index in [0.29, 0.717) is 0 Å². The van der Waals surface area contributed by atoms with Crippen molar-refractivity contribution in [1.29, 1.82) is 0 Å². The predicted molar refractivity (Wildman–Crippen MR) is 115 cm³/mol. The third-order valence-corrected chi connectivity index (χ3v) is 4.71. The molecule has 8 nitrogen and oxygen atoms in total. The molecule has 0 spiro atoms. The molecule has 2 aromatic carbocycles. The number of aliphatic hydroxyl groups excluding tert-OH is 3. The van der Waals surface area contributed by atoms with Crippen LogP contribution >= 0.6 is 0 Å². The molecule has 0 amide bonds. The van der Waals surface area contributed by atoms with Crippen molar-refractivity contribution in [3.8, 4) is 0 Å². The zero-order valence-corrected chi connectivity index (χ0v) is 17.1. The van der Waals surface area contributed by atoms with Gasteiger partial charge in [0.25, 0.3) is 0 Å². The number of benzene rings is 2. The smallest absolute Gasteiger partial charge is 0.333 e.